The lowest BCUT2D eigenvalue weighted by molar-refractivity contribution is 0.0945. The monoisotopic (exact) mass is 458 g/mol. The molecule has 0 saturated carbocycles. The normalized spacial score (nSPS) is 12.5. The maximum atomic E-state index is 12.4. The zero-order valence-electron chi connectivity index (χ0n) is 16.9. The summed E-state index contributed by atoms with van der Waals surface area (Å²) >= 11 is 0. The van der Waals surface area contributed by atoms with E-state index in [1.807, 2.05) is 0 Å². The number of nitrogens with two attached hydrogens (primary N) is 1. The van der Waals surface area contributed by atoms with Crippen LogP contribution in [0.3, 0.4) is 0 Å². The average molecular weight is 459 g/mol. The first-order valence-electron chi connectivity index (χ1n) is 9.14. The van der Waals surface area contributed by atoms with E-state index in [0.29, 0.717) is 35.9 Å². The Kier molecular flexibility index (Phi) is 9.54. The molecule has 6 N–H and O–H groups in total. The van der Waals surface area contributed by atoms with E-state index in [1.54, 1.807) is 47.8 Å². The summed E-state index contributed by atoms with van der Waals surface area (Å²) in [7, 11) is 3.50. The highest BCUT2D eigenvalue weighted by Gasteiger charge is 2.15. The summed E-state index contributed by atoms with van der Waals surface area (Å²) in [6, 6.07) is 3.24. The number of hydrogen-bond donors (Lipinski definition) is 5. The second kappa shape index (κ2) is 11.4. The molecule has 0 aromatic carbocycles. The highest BCUT2D eigenvalue weighted by molar-refractivity contribution is 6.04. The summed E-state index contributed by atoms with van der Waals surface area (Å²) in [6.07, 6.45) is 4.39. The number of nitrogens with one attached hydrogen (secondary N) is 4. The number of rotatable bonds is 6. The van der Waals surface area contributed by atoms with Gasteiger partial charge in [0.15, 0.2) is 5.96 Å². The minimum absolute atomic E-state index is 0. The highest BCUT2D eigenvalue weighted by Crippen LogP contribution is 2.16. The van der Waals surface area contributed by atoms with E-state index < -0.39 is 0 Å². The number of guanidine groups is 1. The third-order valence-electron chi connectivity index (χ3n) is 4.35. The smallest absolute Gasteiger partial charge is 0.272 e. The van der Waals surface area contributed by atoms with Gasteiger partial charge in [0.1, 0.15) is 11.4 Å². The lowest BCUT2D eigenvalue weighted by Crippen LogP contribution is -2.43. The highest BCUT2D eigenvalue weighted by atomic mass is 35.5. The van der Waals surface area contributed by atoms with Crippen molar-refractivity contribution in [3.05, 3.63) is 35.9 Å². The van der Waals surface area contributed by atoms with Crippen molar-refractivity contribution < 1.29 is 9.59 Å². The molecule has 2 amide bonds. The van der Waals surface area contributed by atoms with Gasteiger partial charge in [-0.25, -0.2) is 0 Å². The van der Waals surface area contributed by atoms with Crippen molar-refractivity contribution in [1.29, 1.82) is 0 Å². The number of nitrogens with zero attached hydrogens (tertiary/aromatic N) is 3. The van der Waals surface area contributed by atoms with Crippen LogP contribution in [0.5, 0.6) is 0 Å². The number of carbonyl (C=O) groups excluding carboxylic acids is 2. The first-order valence-corrected chi connectivity index (χ1v) is 9.14. The van der Waals surface area contributed by atoms with Gasteiger partial charge in [-0.3, -0.25) is 14.6 Å². The summed E-state index contributed by atoms with van der Waals surface area (Å²) < 4.78 is 3.32. The van der Waals surface area contributed by atoms with Gasteiger partial charge >= 0.3 is 0 Å². The van der Waals surface area contributed by atoms with E-state index in [0.717, 1.165) is 25.5 Å². The molecule has 3 rings (SSSR count). The van der Waals surface area contributed by atoms with Crippen LogP contribution in [0.1, 0.15) is 27.4 Å². The number of carbonyl (C=O) groups is 2. The van der Waals surface area contributed by atoms with Gasteiger partial charge in [-0.2, -0.15) is 0 Å². The molecule has 0 bridgehead atoms. The maximum Gasteiger partial charge on any atom is 0.272 e. The van der Waals surface area contributed by atoms with Gasteiger partial charge in [-0.15, -0.1) is 24.8 Å². The Hall–Kier alpha value is -2.85. The van der Waals surface area contributed by atoms with Crippen molar-refractivity contribution in [2.24, 2.45) is 19.1 Å². The Bertz CT molecular complexity index is 906. The molecule has 12 heteroatoms. The van der Waals surface area contributed by atoms with Crippen LogP contribution >= 0.6 is 24.8 Å². The maximum absolute atomic E-state index is 12.4. The van der Waals surface area contributed by atoms with Crippen LogP contribution in [0.2, 0.25) is 0 Å². The van der Waals surface area contributed by atoms with Crippen molar-refractivity contribution in [1.82, 2.24) is 25.1 Å². The van der Waals surface area contributed by atoms with E-state index in [1.165, 1.54) is 0 Å². The van der Waals surface area contributed by atoms with Crippen LogP contribution in [0.4, 0.5) is 11.4 Å². The number of aromatic nitrogens is 2. The fraction of sp³-hybridized carbons (Fsp3) is 0.389. The van der Waals surface area contributed by atoms with Gasteiger partial charge in [0.2, 0.25) is 0 Å². The Labute approximate surface area is 187 Å². The number of amides is 2. The standard InChI is InChI=1S/C18H26N8O2.2ClH/c1-25-10-12(19)8-14(25)17(28)24-13-9-15(26(2)11-13)16(27)20-6-7-23-18-21-4-3-5-22-18;;/h8-11H,3-7,19H2,1-2H3,(H,20,27)(H,24,28)(H2,21,22,23);2*1H. The van der Waals surface area contributed by atoms with Crippen molar-refractivity contribution >= 4 is 54.0 Å². The fourth-order valence-electron chi connectivity index (χ4n) is 2.97. The third-order valence-corrected chi connectivity index (χ3v) is 4.35. The SMILES string of the molecule is Cl.Cl.Cn1cc(NC(=O)c2cc(N)cn2C)cc1C(=O)NCCNC1=NCCCN1. The molecule has 2 aromatic rings. The van der Waals surface area contributed by atoms with E-state index in [9.17, 15) is 9.59 Å². The van der Waals surface area contributed by atoms with Crippen LogP contribution in [0.15, 0.2) is 29.5 Å². The fourth-order valence-corrected chi connectivity index (χ4v) is 2.97. The second-order valence-corrected chi connectivity index (χ2v) is 6.64. The minimum atomic E-state index is -0.290. The lowest BCUT2D eigenvalue weighted by Gasteiger charge is -2.16. The number of anilines is 2. The quantitative estimate of drug-likeness (QED) is 0.406. The molecular weight excluding hydrogens is 431 g/mol. The molecule has 1 aliphatic heterocycles. The summed E-state index contributed by atoms with van der Waals surface area (Å²) in [6.45, 7) is 2.75. The Balaban J connectivity index is 0.00000225. The Morgan fingerprint density at radius 3 is 2.43 bits per heavy atom. The minimum Gasteiger partial charge on any atom is -0.397 e. The molecule has 30 heavy (non-hydrogen) atoms. The molecule has 0 unspecified atom stereocenters. The molecular formula is C18H28Cl2N8O2. The molecule has 166 valence electrons. The van der Waals surface area contributed by atoms with E-state index in [2.05, 4.69) is 26.3 Å². The summed E-state index contributed by atoms with van der Waals surface area (Å²) in [5.74, 6) is 0.263. The molecule has 3 heterocycles. The van der Waals surface area contributed by atoms with Gasteiger partial charge in [-0.05, 0) is 18.6 Å². The number of aliphatic imine (C=N–C) groups is 1. The number of nitrogen functional groups attached to an aromatic ring is 1. The van der Waals surface area contributed by atoms with Crippen LogP contribution in [0, 0.1) is 0 Å². The number of halogens is 2. The predicted octanol–water partition coefficient (Wildman–Crippen LogP) is 0.710. The molecule has 2 aromatic heterocycles. The Morgan fingerprint density at radius 1 is 1.10 bits per heavy atom. The Morgan fingerprint density at radius 2 is 1.80 bits per heavy atom. The van der Waals surface area contributed by atoms with Crippen LogP contribution < -0.4 is 27.0 Å². The van der Waals surface area contributed by atoms with Crippen molar-refractivity contribution in [2.75, 3.05) is 37.2 Å². The molecule has 0 fully saturated rings. The van der Waals surface area contributed by atoms with Crippen LogP contribution in [-0.2, 0) is 14.1 Å². The number of aryl methyl sites for hydroxylation is 2. The second-order valence-electron chi connectivity index (χ2n) is 6.64. The summed E-state index contributed by atoms with van der Waals surface area (Å²) in [5, 5.41) is 11.9. The van der Waals surface area contributed by atoms with Crippen molar-refractivity contribution in [3.8, 4) is 0 Å². The summed E-state index contributed by atoms with van der Waals surface area (Å²) in [5.41, 5.74) is 7.66. The first kappa shape index (κ1) is 25.2. The van der Waals surface area contributed by atoms with Gasteiger partial charge in [-0.1, -0.05) is 0 Å². The van der Waals surface area contributed by atoms with Crippen LogP contribution in [0.25, 0.3) is 0 Å². The van der Waals surface area contributed by atoms with Crippen molar-refractivity contribution in [2.45, 2.75) is 6.42 Å². The lowest BCUT2D eigenvalue weighted by atomic mass is 10.3. The van der Waals surface area contributed by atoms with Gasteiger partial charge in [0.05, 0.1) is 11.4 Å². The van der Waals surface area contributed by atoms with Gasteiger partial charge < -0.3 is 36.1 Å². The van der Waals surface area contributed by atoms with Crippen LogP contribution in [-0.4, -0.2) is 53.1 Å². The molecule has 0 radical (unpaired) electrons. The molecule has 0 saturated heterocycles. The van der Waals surface area contributed by atoms with E-state index in [-0.39, 0.29) is 36.6 Å². The average Bonchev–Trinajstić information content (AvgIpc) is 3.20. The molecule has 1 aliphatic rings. The topological polar surface area (TPSA) is 130 Å². The molecule has 10 nitrogen and oxygen atoms in total. The first-order chi connectivity index (χ1) is 13.4. The molecule has 0 spiro atoms. The largest absolute Gasteiger partial charge is 0.397 e. The van der Waals surface area contributed by atoms with E-state index >= 15 is 0 Å². The van der Waals surface area contributed by atoms with Gasteiger partial charge in [0.25, 0.3) is 11.8 Å². The van der Waals surface area contributed by atoms with Crippen molar-refractivity contribution in [3.63, 3.8) is 0 Å². The van der Waals surface area contributed by atoms with Gasteiger partial charge in [0, 0.05) is 52.7 Å². The predicted molar refractivity (Wildman–Crippen MR) is 123 cm³/mol. The number of hydrogen-bond acceptors (Lipinski definition) is 6. The summed E-state index contributed by atoms with van der Waals surface area (Å²) in [4.78, 5) is 29.1. The molecule has 0 atom stereocenters. The molecule has 0 aliphatic carbocycles. The third kappa shape index (κ3) is 6.33. The zero-order chi connectivity index (χ0) is 20.1. The van der Waals surface area contributed by atoms with E-state index in [4.69, 9.17) is 5.73 Å². The zero-order valence-corrected chi connectivity index (χ0v) is 18.5.